The average molecular weight is 312 g/mol. The number of aliphatic hydroxyl groups is 1. The third kappa shape index (κ3) is 2.78. The van der Waals surface area contributed by atoms with Gasteiger partial charge in [-0.15, -0.1) is 5.10 Å². The highest BCUT2D eigenvalue weighted by Gasteiger charge is 2.22. The van der Waals surface area contributed by atoms with Crippen molar-refractivity contribution in [1.29, 1.82) is 0 Å². The quantitative estimate of drug-likeness (QED) is 0.743. The number of nitrogens with zero attached hydrogens (tertiary/aromatic N) is 4. The fraction of sp³-hybridized carbons (Fsp3) is 0.250. The summed E-state index contributed by atoms with van der Waals surface area (Å²) in [6.45, 7) is 1.75. The van der Waals surface area contributed by atoms with Gasteiger partial charge in [0.25, 0.3) is 0 Å². The molecular formula is C16H16N4O3. The Morgan fingerprint density at radius 1 is 1.35 bits per heavy atom. The molecule has 0 bridgehead atoms. The maximum absolute atomic E-state index is 11.2. The highest BCUT2D eigenvalue weighted by Crippen LogP contribution is 2.23. The van der Waals surface area contributed by atoms with Crippen LogP contribution in [0.3, 0.4) is 0 Å². The average Bonchev–Trinajstić information content (AvgIpc) is 2.98. The predicted molar refractivity (Wildman–Crippen MR) is 83.3 cm³/mol. The Kier molecular flexibility index (Phi) is 4.03. The third-order valence-corrected chi connectivity index (χ3v) is 3.82. The third-order valence-electron chi connectivity index (χ3n) is 3.82. The topological polar surface area (TPSA) is 101 Å². The van der Waals surface area contributed by atoms with Crippen LogP contribution in [0.5, 0.6) is 0 Å². The molecule has 0 fully saturated rings. The zero-order valence-electron chi connectivity index (χ0n) is 12.5. The van der Waals surface area contributed by atoms with Gasteiger partial charge in [-0.3, -0.25) is 4.98 Å². The summed E-state index contributed by atoms with van der Waals surface area (Å²) in [7, 11) is 0. The van der Waals surface area contributed by atoms with Crippen molar-refractivity contribution in [2.24, 2.45) is 0 Å². The fourth-order valence-corrected chi connectivity index (χ4v) is 2.62. The van der Waals surface area contributed by atoms with Crippen molar-refractivity contribution in [3.63, 3.8) is 0 Å². The molecule has 0 radical (unpaired) electrons. The molecule has 2 heterocycles. The second-order valence-electron chi connectivity index (χ2n) is 5.24. The fourth-order valence-electron chi connectivity index (χ4n) is 2.62. The van der Waals surface area contributed by atoms with E-state index in [4.69, 9.17) is 0 Å². The molecule has 2 N–H and O–H groups in total. The second-order valence-corrected chi connectivity index (χ2v) is 5.24. The van der Waals surface area contributed by atoms with Crippen LogP contribution < -0.4 is 0 Å². The Bertz CT molecular complexity index is 859. The van der Waals surface area contributed by atoms with Crippen LogP contribution in [0.4, 0.5) is 0 Å². The summed E-state index contributed by atoms with van der Waals surface area (Å²) in [5.41, 5.74) is 2.16. The Morgan fingerprint density at radius 3 is 2.91 bits per heavy atom. The molecule has 1 atom stereocenters. The second kappa shape index (κ2) is 6.13. The summed E-state index contributed by atoms with van der Waals surface area (Å²) >= 11 is 0. The van der Waals surface area contributed by atoms with E-state index in [1.165, 1.54) is 0 Å². The first-order valence-electron chi connectivity index (χ1n) is 7.24. The van der Waals surface area contributed by atoms with Gasteiger partial charge in [0.05, 0.1) is 17.3 Å². The van der Waals surface area contributed by atoms with Gasteiger partial charge in [0.15, 0.2) is 5.69 Å². The number of fused-ring (bicyclic) bond motifs is 1. The smallest absolute Gasteiger partial charge is 0.358 e. The lowest BCUT2D eigenvalue weighted by Gasteiger charge is -2.15. The lowest BCUT2D eigenvalue weighted by molar-refractivity contribution is 0.0689. The Hall–Kier alpha value is -2.80. The maximum Gasteiger partial charge on any atom is 0.358 e. The number of hydrogen-bond donors (Lipinski definition) is 2. The largest absolute Gasteiger partial charge is 0.476 e. The monoisotopic (exact) mass is 312 g/mol. The van der Waals surface area contributed by atoms with Crippen molar-refractivity contribution >= 4 is 16.9 Å². The molecule has 3 aromatic rings. The molecule has 7 heteroatoms. The van der Waals surface area contributed by atoms with E-state index in [2.05, 4.69) is 15.3 Å². The molecule has 3 rings (SSSR count). The van der Waals surface area contributed by atoms with E-state index < -0.39 is 5.97 Å². The van der Waals surface area contributed by atoms with E-state index in [1.54, 1.807) is 10.9 Å². The van der Waals surface area contributed by atoms with Gasteiger partial charge in [0, 0.05) is 24.6 Å². The van der Waals surface area contributed by atoms with Crippen LogP contribution in [0.15, 0.2) is 36.5 Å². The number of aliphatic hydroxyl groups excluding tert-OH is 1. The number of pyridine rings is 1. The van der Waals surface area contributed by atoms with E-state index in [0.29, 0.717) is 5.69 Å². The van der Waals surface area contributed by atoms with Crippen LogP contribution in [0.1, 0.15) is 34.7 Å². The SMILES string of the molecule is CC(c1ccc2ncccc2c1)n1nnc(C(=O)O)c1CCO. The standard InChI is InChI=1S/C16H16N4O3/c1-10(11-4-5-13-12(9-11)3-2-7-17-13)20-14(6-8-21)15(16(22)23)18-19-20/h2-5,7,9-10,21H,6,8H2,1H3,(H,22,23). The number of rotatable bonds is 5. The van der Waals surface area contributed by atoms with Gasteiger partial charge < -0.3 is 10.2 Å². The summed E-state index contributed by atoms with van der Waals surface area (Å²) in [5, 5.41) is 27.1. The molecule has 7 nitrogen and oxygen atoms in total. The molecule has 1 unspecified atom stereocenters. The molecule has 2 aromatic heterocycles. The summed E-state index contributed by atoms with van der Waals surface area (Å²) in [6, 6.07) is 9.48. The first-order chi connectivity index (χ1) is 11.1. The van der Waals surface area contributed by atoms with Gasteiger partial charge in [0.1, 0.15) is 0 Å². The number of hydrogen-bond acceptors (Lipinski definition) is 5. The molecule has 0 spiro atoms. The summed E-state index contributed by atoms with van der Waals surface area (Å²) in [5.74, 6) is -1.14. The predicted octanol–water partition coefficient (Wildman–Crippen LogP) is 1.67. The van der Waals surface area contributed by atoms with Crippen LogP contribution in [-0.2, 0) is 6.42 Å². The minimum absolute atomic E-state index is 0.117. The van der Waals surface area contributed by atoms with Crippen molar-refractivity contribution in [2.45, 2.75) is 19.4 Å². The van der Waals surface area contributed by atoms with E-state index in [1.807, 2.05) is 37.3 Å². The number of carboxylic acids is 1. The minimum atomic E-state index is -1.14. The molecule has 0 saturated carbocycles. The molecular weight excluding hydrogens is 296 g/mol. The molecule has 23 heavy (non-hydrogen) atoms. The van der Waals surface area contributed by atoms with E-state index >= 15 is 0 Å². The number of carboxylic acid groups (broad SMARTS) is 1. The van der Waals surface area contributed by atoms with Crippen molar-refractivity contribution in [3.8, 4) is 0 Å². The highest BCUT2D eigenvalue weighted by atomic mass is 16.4. The molecule has 0 amide bonds. The van der Waals surface area contributed by atoms with Gasteiger partial charge >= 0.3 is 5.97 Å². The highest BCUT2D eigenvalue weighted by molar-refractivity contribution is 5.86. The van der Waals surface area contributed by atoms with Gasteiger partial charge in [-0.25, -0.2) is 9.48 Å². The van der Waals surface area contributed by atoms with E-state index in [9.17, 15) is 15.0 Å². The summed E-state index contributed by atoms with van der Waals surface area (Å²) in [6.07, 6.45) is 1.93. The molecule has 0 aliphatic carbocycles. The zero-order chi connectivity index (χ0) is 16.4. The van der Waals surface area contributed by atoms with Crippen molar-refractivity contribution in [2.75, 3.05) is 6.61 Å². The van der Waals surface area contributed by atoms with Crippen LogP contribution in [-0.4, -0.2) is 42.8 Å². The van der Waals surface area contributed by atoms with Crippen LogP contribution >= 0.6 is 0 Å². The van der Waals surface area contributed by atoms with Crippen LogP contribution in [0, 0.1) is 0 Å². The van der Waals surface area contributed by atoms with Crippen molar-refractivity contribution in [3.05, 3.63) is 53.5 Å². The Balaban J connectivity index is 2.04. The molecule has 0 aliphatic heterocycles. The number of benzene rings is 1. The van der Waals surface area contributed by atoms with Gasteiger partial charge in [-0.2, -0.15) is 0 Å². The first kappa shape index (κ1) is 15.1. The zero-order valence-corrected chi connectivity index (χ0v) is 12.5. The summed E-state index contributed by atoms with van der Waals surface area (Å²) in [4.78, 5) is 15.5. The lowest BCUT2D eigenvalue weighted by atomic mass is 10.0. The maximum atomic E-state index is 11.2. The van der Waals surface area contributed by atoms with E-state index in [0.717, 1.165) is 16.5 Å². The van der Waals surface area contributed by atoms with Gasteiger partial charge in [-0.05, 0) is 30.7 Å². The van der Waals surface area contributed by atoms with Crippen molar-refractivity contribution in [1.82, 2.24) is 20.0 Å². The Labute approximate surface area is 132 Å². The summed E-state index contributed by atoms with van der Waals surface area (Å²) < 4.78 is 1.55. The Morgan fingerprint density at radius 2 is 2.17 bits per heavy atom. The molecule has 0 saturated heterocycles. The van der Waals surface area contributed by atoms with Gasteiger partial charge in [0.2, 0.25) is 0 Å². The molecule has 0 aliphatic rings. The lowest BCUT2D eigenvalue weighted by Crippen LogP contribution is -2.15. The normalized spacial score (nSPS) is 12.4. The van der Waals surface area contributed by atoms with Crippen LogP contribution in [0.25, 0.3) is 10.9 Å². The number of aromatic nitrogens is 4. The van der Waals surface area contributed by atoms with E-state index in [-0.39, 0.29) is 24.8 Å². The number of aromatic carboxylic acids is 1. The van der Waals surface area contributed by atoms with Crippen molar-refractivity contribution < 1.29 is 15.0 Å². The minimum Gasteiger partial charge on any atom is -0.476 e. The molecule has 1 aromatic carbocycles. The van der Waals surface area contributed by atoms with Gasteiger partial charge in [-0.1, -0.05) is 17.3 Å². The first-order valence-corrected chi connectivity index (χ1v) is 7.24. The number of carbonyl (C=O) groups is 1. The van der Waals surface area contributed by atoms with Crippen LogP contribution in [0.2, 0.25) is 0 Å². The molecule has 118 valence electrons.